The number of amides is 1. The molecule has 0 bridgehead atoms. The van der Waals surface area contributed by atoms with Gasteiger partial charge in [0.2, 0.25) is 0 Å². The van der Waals surface area contributed by atoms with E-state index >= 15 is 0 Å². The SMILES string of the molecule is CC(C)c1ccc(C=Nc2sc3c(c2C(=O)NCc2ccco2)CCCC3)cc1. The molecule has 1 aliphatic carbocycles. The van der Waals surface area contributed by atoms with Crippen molar-refractivity contribution in [2.75, 3.05) is 0 Å². The van der Waals surface area contributed by atoms with Crippen molar-refractivity contribution < 1.29 is 9.21 Å². The predicted octanol–water partition coefficient (Wildman–Crippen LogP) is 6.02. The Morgan fingerprint density at radius 1 is 1.21 bits per heavy atom. The second-order valence-corrected chi connectivity index (χ2v) is 8.82. The van der Waals surface area contributed by atoms with Gasteiger partial charge in [-0.3, -0.25) is 4.79 Å². The van der Waals surface area contributed by atoms with Crippen molar-refractivity contribution in [2.24, 2.45) is 4.99 Å². The van der Waals surface area contributed by atoms with Gasteiger partial charge in [0.1, 0.15) is 10.8 Å². The number of furan rings is 1. The number of rotatable bonds is 6. The Balaban J connectivity index is 1.58. The molecule has 0 spiro atoms. The van der Waals surface area contributed by atoms with Crippen LogP contribution in [0.3, 0.4) is 0 Å². The molecule has 1 amide bonds. The first-order valence-corrected chi connectivity index (χ1v) is 11.0. The van der Waals surface area contributed by atoms with Gasteiger partial charge in [0.15, 0.2) is 0 Å². The molecule has 0 saturated heterocycles. The van der Waals surface area contributed by atoms with E-state index in [-0.39, 0.29) is 5.91 Å². The van der Waals surface area contributed by atoms with E-state index in [1.807, 2.05) is 18.3 Å². The molecule has 0 atom stereocenters. The van der Waals surface area contributed by atoms with Gasteiger partial charge < -0.3 is 9.73 Å². The molecule has 0 unspecified atom stereocenters. The molecule has 3 aromatic rings. The Hall–Kier alpha value is -2.66. The average molecular weight is 407 g/mol. The van der Waals surface area contributed by atoms with Crippen LogP contribution in [0.5, 0.6) is 0 Å². The van der Waals surface area contributed by atoms with Crippen molar-refractivity contribution in [3.8, 4) is 0 Å². The number of carbonyl (C=O) groups is 1. The predicted molar refractivity (Wildman–Crippen MR) is 119 cm³/mol. The molecule has 0 aliphatic heterocycles. The summed E-state index contributed by atoms with van der Waals surface area (Å²) in [6.45, 7) is 4.76. The Morgan fingerprint density at radius 2 is 2.00 bits per heavy atom. The first kappa shape index (κ1) is 19.6. The first-order chi connectivity index (χ1) is 14.1. The number of carbonyl (C=O) groups excluding carboxylic acids is 1. The quantitative estimate of drug-likeness (QED) is 0.509. The van der Waals surface area contributed by atoms with Gasteiger partial charge >= 0.3 is 0 Å². The van der Waals surface area contributed by atoms with Gasteiger partial charge in [-0.05, 0) is 60.4 Å². The largest absolute Gasteiger partial charge is 0.467 e. The molecule has 4 nitrogen and oxygen atoms in total. The third-order valence-electron chi connectivity index (χ3n) is 5.32. The second kappa shape index (κ2) is 8.78. The Labute approximate surface area is 175 Å². The van der Waals surface area contributed by atoms with Crippen molar-refractivity contribution in [3.63, 3.8) is 0 Å². The summed E-state index contributed by atoms with van der Waals surface area (Å²) >= 11 is 1.66. The first-order valence-electron chi connectivity index (χ1n) is 10.2. The number of fused-ring (bicyclic) bond motifs is 1. The molecule has 1 aromatic carbocycles. The summed E-state index contributed by atoms with van der Waals surface area (Å²) in [5, 5.41) is 3.80. The molecule has 5 heteroatoms. The van der Waals surface area contributed by atoms with Crippen molar-refractivity contribution in [1.29, 1.82) is 0 Å². The number of nitrogens with one attached hydrogen (secondary N) is 1. The van der Waals surface area contributed by atoms with Gasteiger partial charge in [-0.1, -0.05) is 38.1 Å². The summed E-state index contributed by atoms with van der Waals surface area (Å²) in [5.41, 5.74) is 4.28. The van der Waals surface area contributed by atoms with Gasteiger partial charge in [-0.15, -0.1) is 11.3 Å². The molecule has 1 aliphatic rings. The average Bonchev–Trinajstić information content (AvgIpc) is 3.38. The van der Waals surface area contributed by atoms with Gasteiger partial charge in [-0.25, -0.2) is 4.99 Å². The summed E-state index contributed by atoms with van der Waals surface area (Å²) in [4.78, 5) is 19.0. The van der Waals surface area contributed by atoms with Crippen molar-refractivity contribution >= 4 is 28.5 Å². The normalized spacial score (nSPS) is 13.8. The van der Waals surface area contributed by atoms with Crippen LogP contribution in [0.15, 0.2) is 52.1 Å². The van der Waals surface area contributed by atoms with Crippen LogP contribution in [-0.4, -0.2) is 12.1 Å². The number of hydrogen-bond donors (Lipinski definition) is 1. The lowest BCUT2D eigenvalue weighted by atomic mass is 9.95. The van der Waals surface area contributed by atoms with Crippen LogP contribution in [0.1, 0.15) is 70.3 Å². The zero-order valence-electron chi connectivity index (χ0n) is 16.9. The highest BCUT2D eigenvalue weighted by atomic mass is 32.1. The van der Waals surface area contributed by atoms with Crippen LogP contribution in [0, 0.1) is 0 Å². The molecule has 29 heavy (non-hydrogen) atoms. The fourth-order valence-electron chi connectivity index (χ4n) is 3.65. The highest BCUT2D eigenvalue weighted by molar-refractivity contribution is 7.16. The van der Waals surface area contributed by atoms with E-state index in [2.05, 4.69) is 43.4 Å². The molecule has 150 valence electrons. The van der Waals surface area contributed by atoms with Crippen LogP contribution in [-0.2, 0) is 19.4 Å². The highest BCUT2D eigenvalue weighted by Crippen LogP contribution is 2.39. The molecular weight excluding hydrogens is 380 g/mol. The number of hydrogen-bond acceptors (Lipinski definition) is 4. The summed E-state index contributed by atoms with van der Waals surface area (Å²) in [6.07, 6.45) is 7.78. The molecule has 2 heterocycles. The van der Waals surface area contributed by atoms with E-state index in [0.717, 1.165) is 41.2 Å². The van der Waals surface area contributed by atoms with Crippen LogP contribution < -0.4 is 5.32 Å². The van der Waals surface area contributed by atoms with E-state index < -0.39 is 0 Å². The van der Waals surface area contributed by atoms with Crippen LogP contribution in [0.2, 0.25) is 0 Å². The molecule has 0 saturated carbocycles. The minimum Gasteiger partial charge on any atom is -0.467 e. The molecule has 1 N–H and O–H groups in total. The number of aryl methyl sites for hydroxylation is 1. The number of benzene rings is 1. The van der Waals surface area contributed by atoms with E-state index in [4.69, 9.17) is 9.41 Å². The van der Waals surface area contributed by atoms with Crippen LogP contribution in [0.4, 0.5) is 5.00 Å². The number of aliphatic imine (C=N–C) groups is 1. The lowest BCUT2D eigenvalue weighted by Crippen LogP contribution is -2.23. The van der Waals surface area contributed by atoms with E-state index in [1.54, 1.807) is 17.6 Å². The zero-order chi connectivity index (χ0) is 20.2. The lowest BCUT2D eigenvalue weighted by molar-refractivity contribution is 0.0948. The highest BCUT2D eigenvalue weighted by Gasteiger charge is 2.25. The zero-order valence-corrected chi connectivity index (χ0v) is 17.7. The number of thiophene rings is 1. The standard InChI is InChI=1S/C24H26N2O2S/c1-16(2)18-11-9-17(10-12-18)14-26-24-22(20-7-3-4-8-21(20)29-24)23(27)25-15-19-6-5-13-28-19/h5-6,9-14,16H,3-4,7-8,15H2,1-2H3,(H,25,27). The molecular formula is C24H26N2O2S. The van der Waals surface area contributed by atoms with E-state index in [0.29, 0.717) is 12.5 Å². The van der Waals surface area contributed by atoms with E-state index in [9.17, 15) is 4.79 Å². The smallest absolute Gasteiger partial charge is 0.255 e. The fraction of sp³-hybridized carbons (Fsp3) is 0.333. The summed E-state index contributed by atoms with van der Waals surface area (Å²) in [5.74, 6) is 1.19. The Kier molecular flexibility index (Phi) is 5.95. The van der Waals surface area contributed by atoms with Gasteiger partial charge in [-0.2, -0.15) is 0 Å². The van der Waals surface area contributed by atoms with E-state index in [1.165, 1.54) is 22.4 Å². The summed E-state index contributed by atoms with van der Waals surface area (Å²) in [7, 11) is 0. The minimum absolute atomic E-state index is 0.0666. The number of nitrogens with zero attached hydrogens (tertiary/aromatic N) is 1. The van der Waals surface area contributed by atoms with Crippen LogP contribution in [0.25, 0.3) is 0 Å². The van der Waals surface area contributed by atoms with Gasteiger partial charge in [0, 0.05) is 11.1 Å². The van der Waals surface area contributed by atoms with Crippen LogP contribution >= 0.6 is 11.3 Å². The monoisotopic (exact) mass is 406 g/mol. The maximum atomic E-state index is 13.0. The minimum atomic E-state index is -0.0666. The van der Waals surface area contributed by atoms with Gasteiger partial charge in [0.05, 0.1) is 18.4 Å². The molecule has 2 aromatic heterocycles. The van der Waals surface area contributed by atoms with Crippen molar-refractivity contribution in [2.45, 2.75) is 52.0 Å². The molecule has 4 rings (SSSR count). The Bertz CT molecular complexity index is 998. The lowest BCUT2D eigenvalue weighted by Gasteiger charge is -2.12. The summed E-state index contributed by atoms with van der Waals surface area (Å²) in [6, 6.07) is 12.1. The second-order valence-electron chi connectivity index (χ2n) is 7.73. The summed E-state index contributed by atoms with van der Waals surface area (Å²) < 4.78 is 5.33. The molecule has 0 radical (unpaired) electrons. The topological polar surface area (TPSA) is 54.6 Å². The maximum absolute atomic E-state index is 13.0. The fourth-order valence-corrected chi connectivity index (χ4v) is 4.88. The van der Waals surface area contributed by atoms with Crippen molar-refractivity contribution in [1.82, 2.24) is 5.32 Å². The maximum Gasteiger partial charge on any atom is 0.255 e. The third-order valence-corrected chi connectivity index (χ3v) is 6.52. The van der Waals surface area contributed by atoms with Gasteiger partial charge in [0.25, 0.3) is 5.91 Å². The van der Waals surface area contributed by atoms with Crippen molar-refractivity contribution in [3.05, 3.63) is 75.6 Å². The Morgan fingerprint density at radius 3 is 2.72 bits per heavy atom. The molecule has 0 fully saturated rings. The third kappa shape index (κ3) is 4.51.